The molecule has 0 aliphatic heterocycles. The molecule has 0 rings (SSSR count). The average molecular weight is 282 g/mol. The van der Waals surface area contributed by atoms with Crippen molar-refractivity contribution in [3.63, 3.8) is 0 Å². The second-order valence-corrected chi connectivity index (χ2v) is 21.9. The first-order chi connectivity index (χ1) is 5.77. The summed E-state index contributed by atoms with van der Waals surface area (Å²) in [4.78, 5) is 0. The van der Waals surface area contributed by atoms with Gasteiger partial charge in [-0.25, -0.2) is 0 Å². The molecular formula is C12H30OZr. The summed E-state index contributed by atoms with van der Waals surface area (Å²) in [6.07, 6.45) is 0. The van der Waals surface area contributed by atoms with Gasteiger partial charge in [0, 0.05) is 0 Å². The van der Waals surface area contributed by atoms with Crippen LogP contribution in [0.2, 0.25) is 14.5 Å². The van der Waals surface area contributed by atoms with Crippen LogP contribution in [-0.2, 0) is 20.3 Å². The zero-order valence-corrected chi connectivity index (χ0v) is 13.8. The molecule has 0 spiro atoms. The monoisotopic (exact) mass is 280 g/mol. The normalized spacial score (nSPS) is 12.9. The van der Waals surface area contributed by atoms with E-state index in [1.165, 1.54) is 0 Å². The van der Waals surface area contributed by atoms with Crippen LogP contribution in [0.5, 0.6) is 0 Å². The van der Waals surface area contributed by atoms with Gasteiger partial charge in [-0.3, -0.25) is 0 Å². The Labute approximate surface area is 95.4 Å². The third kappa shape index (κ3) is 2.92. The Hall–Kier alpha value is 0.843. The Bertz CT molecular complexity index is 113. The van der Waals surface area contributed by atoms with Crippen LogP contribution in [0.25, 0.3) is 0 Å². The molecular weight excluding hydrogens is 251 g/mol. The fourth-order valence-electron chi connectivity index (χ4n) is 4.00. The molecule has 88 valence electrons. The molecule has 2 heteroatoms. The first kappa shape index (κ1) is 17.2. The van der Waals surface area contributed by atoms with E-state index in [-0.39, 0.29) is 5.48 Å². The van der Waals surface area contributed by atoms with E-state index < -0.39 is 20.3 Å². The molecule has 0 amide bonds. The predicted octanol–water partition coefficient (Wildman–Crippen LogP) is 4.63. The summed E-state index contributed by atoms with van der Waals surface area (Å²) >= 11 is -1.93. The minimum absolute atomic E-state index is 0. The molecule has 1 nitrogen and oxygen atoms in total. The standard InChI is InChI=1S/4C3H7.H2O.Zr/c4*1-3-2;;/h4*3H,1-2H3;1H2;. The maximum absolute atomic E-state index is 2.47. The van der Waals surface area contributed by atoms with Gasteiger partial charge in [0.25, 0.3) is 0 Å². The van der Waals surface area contributed by atoms with Gasteiger partial charge >= 0.3 is 90.2 Å². The molecule has 0 aromatic rings. The van der Waals surface area contributed by atoms with Crippen LogP contribution in [-0.4, -0.2) is 5.48 Å². The van der Waals surface area contributed by atoms with Crippen LogP contribution >= 0.6 is 0 Å². The van der Waals surface area contributed by atoms with Crippen molar-refractivity contribution in [1.82, 2.24) is 0 Å². The SMILES string of the molecule is C[CH](C)[Zr]([CH](C)C)([CH](C)C)[CH](C)C.O. The summed E-state index contributed by atoms with van der Waals surface area (Å²) in [7, 11) is 0. The Morgan fingerprint density at radius 1 is 0.500 bits per heavy atom. The van der Waals surface area contributed by atoms with Crippen molar-refractivity contribution in [2.75, 3.05) is 0 Å². The number of hydrogen-bond acceptors (Lipinski definition) is 0. The minimum atomic E-state index is -1.93. The second kappa shape index (κ2) is 6.43. The van der Waals surface area contributed by atoms with E-state index in [9.17, 15) is 0 Å². The van der Waals surface area contributed by atoms with Gasteiger partial charge in [0.1, 0.15) is 0 Å². The van der Waals surface area contributed by atoms with E-state index in [2.05, 4.69) is 55.4 Å². The maximum atomic E-state index is 2.47. The second-order valence-electron chi connectivity index (χ2n) is 5.62. The van der Waals surface area contributed by atoms with Crippen LogP contribution in [0, 0.1) is 0 Å². The van der Waals surface area contributed by atoms with E-state index in [1.807, 2.05) is 0 Å². The predicted molar refractivity (Wildman–Crippen MR) is 64.0 cm³/mol. The quantitative estimate of drug-likeness (QED) is 0.719. The summed E-state index contributed by atoms with van der Waals surface area (Å²) in [5, 5.41) is 0. The summed E-state index contributed by atoms with van der Waals surface area (Å²) in [6, 6.07) is 0. The molecule has 0 unspecified atom stereocenters. The van der Waals surface area contributed by atoms with Gasteiger partial charge in [0.2, 0.25) is 0 Å². The van der Waals surface area contributed by atoms with Crippen molar-refractivity contribution < 1.29 is 25.7 Å². The van der Waals surface area contributed by atoms with Gasteiger partial charge in [0.05, 0.1) is 0 Å². The van der Waals surface area contributed by atoms with Gasteiger partial charge < -0.3 is 5.48 Å². The van der Waals surface area contributed by atoms with Crippen molar-refractivity contribution >= 4 is 0 Å². The van der Waals surface area contributed by atoms with Crippen LogP contribution in [0.3, 0.4) is 0 Å². The number of hydrogen-bond donors (Lipinski definition) is 0. The molecule has 0 radical (unpaired) electrons. The van der Waals surface area contributed by atoms with Gasteiger partial charge in [-0.1, -0.05) is 0 Å². The van der Waals surface area contributed by atoms with Gasteiger partial charge in [-0.15, -0.1) is 0 Å². The molecule has 0 saturated carbocycles. The molecule has 0 aromatic heterocycles. The average Bonchev–Trinajstić information content (AvgIpc) is 1.82. The zero-order valence-electron chi connectivity index (χ0n) is 11.3. The fraction of sp³-hybridized carbons (Fsp3) is 1.00. The summed E-state index contributed by atoms with van der Waals surface area (Å²) < 4.78 is 3.92. The summed E-state index contributed by atoms with van der Waals surface area (Å²) in [5.41, 5.74) is 0. The van der Waals surface area contributed by atoms with Gasteiger partial charge in [-0.05, 0) is 0 Å². The first-order valence-electron chi connectivity index (χ1n) is 5.77. The molecule has 0 aliphatic rings. The van der Waals surface area contributed by atoms with Crippen LogP contribution < -0.4 is 0 Å². The van der Waals surface area contributed by atoms with E-state index in [1.54, 1.807) is 0 Å². The molecule has 0 aromatic carbocycles. The van der Waals surface area contributed by atoms with Gasteiger partial charge in [-0.2, -0.15) is 0 Å². The molecule has 2 N–H and O–H groups in total. The molecule has 0 atom stereocenters. The first-order valence-corrected chi connectivity index (χ1v) is 11.5. The Morgan fingerprint density at radius 2 is 0.643 bits per heavy atom. The van der Waals surface area contributed by atoms with Gasteiger partial charge in [0.15, 0.2) is 0 Å². The fourth-order valence-corrected chi connectivity index (χ4v) is 23.7. The van der Waals surface area contributed by atoms with E-state index in [0.29, 0.717) is 0 Å². The number of rotatable bonds is 4. The Kier molecular flexibility index (Phi) is 7.92. The zero-order chi connectivity index (χ0) is 10.8. The molecule has 0 bridgehead atoms. The van der Waals surface area contributed by atoms with Crippen LogP contribution in [0.15, 0.2) is 0 Å². The Balaban J connectivity index is 0. The molecule has 0 saturated heterocycles. The van der Waals surface area contributed by atoms with E-state index in [0.717, 1.165) is 14.5 Å². The molecule has 0 heterocycles. The van der Waals surface area contributed by atoms with E-state index >= 15 is 0 Å². The molecule has 0 fully saturated rings. The Morgan fingerprint density at radius 3 is 0.643 bits per heavy atom. The third-order valence-electron chi connectivity index (χ3n) is 4.00. The van der Waals surface area contributed by atoms with Crippen molar-refractivity contribution in [3.8, 4) is 0 Å². The topological polar surface area (TPSA) is 31.5 Å². The molecule has 0 aliphatic carbocycles. The van der Waals surface area contributed by atoms with Crippen LogP contribution in [0.4, 0.5) is 0 Å². The smallest absolute Gasteiger partial charge is 0.412 e. The maximum Gasteiger partial charge on any atom is -0.412 e. The molecule has 14 heavy (non-hydrogen) atoms. The summed E-state index contributed by atoms with van der Waals surface area (Å²) in [5.74, 6) is 0. The van der Waals surface area contributed by atoms with Crippen LogP contribution in [0.1, 0.15) is 55.4 Å². The minimum Gasteiger partial charge on any atom is -0.412 e. The third-order valence-corrected chi connectivity index (χ3v) is 23.7. The van der Waals surface area contributed by atoms with Crippen molar-refractivity contribution in [1.29, 1.82) is 0 Å². The van der Waals surface area contributed by atoms with Crippen molar-refractivity contribution in [2.24, 2.45) is 0 Å². The largest absolute Gasteiger partial charge is 0.412 e. The summed E-state index contributed by atoms with van der Waals surface area (Å²) in [6.45, 7) is 19.7. The van der Waals surface area contributed by atoms with Crippen molar-refractivity contribution in [3.05, 3.63) is 0 Å². The van der Waals surface area contributed by atoms with E-state index in [4.69, 9.17) is 0 Å². The van der Waals surface area contributed by atoms with Crippen molar-refractivity contribution in [2.45, 2.75) is 69.9 Å².